The highest BCUT2D eigenvalue weighted by molar-refractivity contribution is 5.72. The molecule has 0 aromatic rings. The lowest BCUT2D eigenvalue weighted by Crippen LogP contribution is -2.46. The fourth-order valence-electron chi connectivity index (χ4n) is 3.55. The molecule has 2 aliphatic carbocycles. The largest absolute Gasteiger partial charge is 0.469 e. The van der Waals surface area contributed by atoms with Crippen LogP contribution in [-0.2, 0) is 9.53 Å². The van der Waals surface area contributed by atoms with Gasteiger partial charge >= 0.3 is 5.97 Å². The van der Waals surface area contributed by atoms with Crippen LogP contribution in [0.15, 0.2) is 23.3 Å². The molecule has 112 valence electrons. The van der Waals surface area contributed by atoms with Crippen molar-refractivity contribution in [3.05, 3.63) is 23.3 Å². The number of allylic oxidation sites excluding steroid dienone is 1. The van der Waals surface area contributed by atoms with Crippen molar-refractivity contribution in [2.24, 2.45) is 17.3 Å². The third kappa shape index (κ3) is 2.31. The van der Waals surface area contributed by atoms with Crippen LogP contribution in [0.5, 0.6) is 0 Å². The van der Waals surface area contributed by atoms with E-state index >= 15 is 0 Å². The second-order valence-electron chi connectivity index (χ2n) is 6.30. The number of rotatable bonds is 2. The number of carbonyl (C=O) groups excluding carboxylic acids is 1. The van der Waals surface area contributed by atoms with E-state index < -0.39 is 17.6 Å². The average molecular weight is 280 g/mol. The minimum Gasteiger partial charge on any atom is -0.469 e. The second kappa shape index (κ2) is 5.34. The normalized spacial score (nSPS) is 38.4. The van der Waals surface area contributed by atoms with Gasteiger partial charge in [-0.05, 0) is 25.3 Å². The number of aliphatic hydroxyl groups is 2. The first-order valence-corrected chi connectivity index (χ1v) is 7.14. The first kappa shape index (κ1) is 15.3. The summed E-state index contributed by atoms with van der Waals surface area (Å²) < 4.78 is 4.78. The van der Waals surface area contributed by atoms with Gasteiger partial charge in [-0.25, -0.2) is 0 Å². The first-order chi connectivity index (χ1) is 9.31. The summed E-state index contributed by atoms with van der Waals surface area (Å²) in [6, 6.07) is 0. The maximum absolute atomic E-state index is 11.7. The molecule has 0 fully saturated rings. The van der Waals surface area contributed by atoms with E-state index in [0.717, 1.165) is 11.1 Å². The van der Waals surface area contributed by atoms with Gasteiger partial charge in [0.1, 0.15) is 0 Å². The van der Waals surface area contributed by atoms with Gasteiger partial charge in [-0.3, -0.25) is 4.79 Å². The van der Waals surface area contributed by atoms with Crippen LogP contribution in [-0.4, -0.2) is 35.5 Å². The molecule has 0 heterocycles. The van der Waals surface area contributed by atoms with E-state index in [9.17, 15) is 15.0 Å². The lowest BCUT2D eigenvalue weighted by molar-refractivity contribution is -0.148. The quantitative estimate of drug-likeness (QED) is 0.757. The summed E-state index contributed by atoms with van der Waals surface area (Å²) in [5, 5.41) is 20.7. The van der Waals surface area contributed by atoms with E-state index in [1.807, 2.05) is 26.0 Å². The van der Waals surface area contributed by atoms with E-state index in [2.05, 4.69) is 0 Å². The van der Waals surface area contributed by atoms with E-state index in [1.165, 1.54) is 7.11 Å². The maximum atomic E-state index is 11.7. The Labute approximate surface area is 120 Å². The number of hydrogen-bond acceptors (Lipinski definition) is 4. The summed E-state index contributed by atoms with van der Waals surface area (Å²) in [6.07, 6.45) is 3.94. The highest BCUT2D eigenvalue weighted by atomic mass is 16.5. The fourth-order valence-corrected chi connectivity index (χ4v) is 3.55. The molecular formula is C16H24O4. The van der Waals surface area contributed by atoms with Crippen LogP contribution in [0, 0.1) is 17.3 Å². The molecule has 0 unspecified atom stereocenters. The van der Waals surface area contributed by atoms with Crippen molar-refractivity contribution in [1.29, 1.82) is 0 Å². The van der Waals surface area contributed by atoms with Crippen molar-refractivity contribution < 1.29 is 19.7 Å². The molecule has 2 N–H and O–H groups in total. The maximum Gasteiger partial charge on any atom is 0.309 e. The standard InChI is InChI=1S/C16H24O4/c1-9-5-6-14(18)16(3)8-13(17)11(7-12(9)16)10(2)15(19)20-4/h5,7,10-11,13-14,17-18H,6,8H2,1-4H3/t10-,11-,13+,14-,16-/m1/s1. The summed E-state index contributed by atoms with van der Waals surface area (Å²) in [5.41, 5.74) is 1.76. The third-order valence-electron chi connectivity index (χ3n) is 5.01. The van der Waals surface area contributed by atoms with Crippen molar-refractivity contribution in [3.63, 3.8) is 0 Å². The van der Waals surface area contributed by atoms with E-state index in [-0.39, 0.29) is 17.8 Å². The molecule has 0 saturated heterocycles. The van der Waals surface area contributed by atoms with E-state index in [1.54, 1.807) is 6.92 Å². The van der Waals surface area contributed by atoms with Crippen LogP contribution >= 0.6 is 0 Å². The van der Waals surface area contributed by atoms with Crippen LogP contribution < -0.4 is 0 Å². The van der Waals surface area contributed by atoms with Gasteiger partial charge in [-0.15, -0.1) is 0 Å². The Morgan fingerprint density at radius 1 is 1.50 bits per heavy atom. The highest BCUT2D eigenvalue weighted by Gasteiger charge is 2.47. The number of esters is 1. The van der Waals surface area contributed by atoms with Crippen molar-refractivity contribution in [2.75, 3.05) is 7.11 Å². The number of aliphatic hydroxyl groups excluding tert-OH is 2. The van der Waals surface area contributed by atoms with Crippen LogP contribution in [0.25, 0.3) is 0 Å². The number of carbonyl (C=O) groups is 1. The van der Waals surface area contributed by atoms with Gasteiger partial charge in [-0.2, -0.15) is 0 Å². The van der Waals surface area contributed by atoms with Crippen LogP contribution in [0.3, 0.4) is 0 Å². The molecule has 0 amide bonds. The average Bonchev–Trinajstić information content (AvgIpc) is 2.41. The van der Waals surface area contributed by atoms with Gasteiger partial charge < -0.3 is 14.9 Å². The van der Waals surface area contributed by atoms with Crippen LogP contribution in [0.2, 0.25) is 0 Å². The predicted octanol–water partition coefficient (Wildman–Crippen LogP) is 1.82. The molecule has 20 heavy (non-hydrogen) atoms. The molecule has 0 bridgehead atoms. The summed E-state index contributed by atoms with van der Waals surface area (Å²) >= 11 is 0. The molecule has 4 heteroatoms. The summed E-state index contributed by atoms with van der Waals surface area (Å²) in [4.78, 5) is 11.7. The highest BCUT2D eigenvalue weighted by Crippen LogP contribution is 2.49. The van der Waals surface area contributed by atoms with E-state index in [4.69, 9.17) is 4.74 Å². The predicted molar refractivity (Wildman–Crippen MR) is 75.9 cm³/mol. The second-order valence-corrected chi connectivity index (χ2v) is 6.30. The zero-order valence-electron chi connectivity index (χ0n) is 12.6. The number of hydrogen-bond donors (Lipinski definition) is 2. The summed E-state index contributed by atoms with van der Waals surface area (Å²) in [6.45, 7) is 5.79. The molecule has 0 aliphatic heterocycles. The van der Waals surface area contributed by atoms with Crippen molar-refractivity contribution in [3.8, 4) is 0 Å². The Kier molecular flexibility index (Phi) is 4.07. The van der Waals surface area contributed by atoms with Gasteiger partial charge in [0.05, 0.1) is 25.2 Å². The van der Waals surface area contributed by atoms with Gasteiger partial charge in [0, 0.05) is 11.3 Å². The minimum atomic E-state index is -0.640. The molecule has 2 aliphatic rings. The summed E-state index contributed by atoms with van der Waals surface area (Å²) in [7, 11) is 1.36. The molecule has 0 radical (unpaired) electrons. The molecule has 0 aromatic heterocycles. The Morgan fingerprint density at radius 2 is 2.15 bits per heavy atom. The molecular weight excluding hydrogens is 256 g/mol. The Balaban J connectivity index is 2.40. The number of methoxy groups -OCH3 is 1. The molecule has 0 spiro atoms. The fraction of sp³-hybridized carbons (Fsp3) is 0.688. The van der Waals surface area contributed by atoms with Crippen LogP contribution in [0.4, 0.5) is 0 Å². The van der Waals surface area contributed by atoms with Gasteiger partial charge in [0.25, 0.3) is 0 Å². The Hall–Kier alpha value is -1.13. The van der Waals surface area contributed by atoms with Crippen molar-refractivity contribution in [1.82, 2.24) is 0 Å². The number of ether oxygens (including phenoxy) is 1. The Morgan fingerprint density at radius 3 is 2.75 bits per heavy atom. The first-order valence-electron chi connectivity index (χ1n) is 7.14. The molecule has 4 nitrogen and oxygen atoms in total. The monoisotopic (exact) mass is 280 g/mol. The van der Waals surface area contributed by atoms with Gasteiger partial charge in [0.2, 0.25) is 0 Å². The molecule has 5 atom stereocenters. The zero-order valence-corrected chi connectivity index (χ0v) is 12.6. The lowest BCUT2D eigenvalue weighted by atomic mass is 9.60. The zero-order chi connectivity index (χ0) is 15.1. The summed E-state index contributed by atoms with van der Waals surface area (Å²) in [5.74, 6) is -0.967. The van der Waals surface area contributed by atoms with Crippen molar-refractivity contribution in [2.45, 2.75) is 45.8 Å². The topological polar surface area (TPSA) is 66.8 Å². The van der Waals surface area contributed by atoms with Crippen LogP contribution in [0.1, 0.15) is 33.6 Å². The lowest BCUT2D eigenvalue weighted by Gasteiger charge is -2.47. The van der Waals surface area contributed by atoms with Crippen molar-refractivity contribution >= 4 is 5.97 Å². The van der Waals surface area contributed by atoms with Gasteiger partial charge in [0.15, 0.2) is 0 Å². The van der Waals surface area contributed by atoms with E-state index in [0.29, 0.717) is 12.8 Å². The van der Waals surface area contributed by atoms with Gasteiger partial charge in [-0.1, -0.05) is 31.6 Å². The molecule has 2 rings (SSSR count). The Bertz CT molecular complexity index is 465. The third-order valence-corrected chi connectivity index (χ3v) is 5.01. The smallest absolute Gasteiger partial charge is 0.309 e. The number of fused-ring (bicyclic) bond motifs is 1. The molecule has 0 saturated carbocycles. The SMILES string of the molecule is COC(=O)[C@H](C)[C@H]1C=C2C(C)=CC[C@@H](O)[C@]2(C)C[C@@H]1O. The minimum absolute atomic E-state index is 0.265. The molecule has 0 aromatic carbocycles.